The van der Waals surface area contributed by atoms with Gasteiger partial charge in [-0.05, 0) is 25.2 Å². The largest absolute Gasteiger partial charge is 0.332 e. The van der Waals surface area contributed by atoms with E-state index in [0.29, 0.717) is 23.8 Å². The number of carbonyl (C=O) groups is 2. The Balaban J connectivity index is 1.94. The van der Waals surface area contributed by atoms with Gasteiger partial charge < -0.3 is 15.1 Å². The Morgan fingerprint density at radius 1 is 1.21 bits per heavy atom. The number of rotatable bonds is 1. The summed E-state index contributed by atoms with van der Waals surface area (Å²) in [5, 5.41) is 3.08. The molecule has 19 heavy (non-hydrogen) atoms. The van der Waals surface area contributed by atoms with Crippen LogP contribution in [0.1, 0.15) is 0 Å². The topological polar surface area (TPSA) is 52.7 Å². The molecule has 1 aromatic rings. The number of piperazine rings is 1. The molecule has 0 spiro atoms. The van der Waals surface area contributed by atoms with Gasteiger partial charge in [-0.15, -0.1) is 0 Å². The third kappa shape index (κ3) is 3.68. The van der Waals surface area contributed by atoms with Crippen molar-refractivity contribution in [3.8, 4) is 0 Å². The zero-order chi connectivity index (χ0) is 13.8. The lowest BCUT2D eigenvalue weighted by molar-refractivity contribution is -0.144. The average molecular weight is 282 g/mol. The average Bonchev–Trinajstić information content (AvgIpc) is 2.39. The smallest absolute Gasteiger partial charge is 0.313 e. The minimum atomic E-state index is -0.619. The van der Waals surface area contributed by atoms with Crippen LogP contribution < -0.4 is 5.32 Å². The number of carbonyl (C=O) groups excluding carboxylic acids is 2. The van der Waals surface area contributed by atoms with Crippen LogP contribution in [-0.4, -0.2) is 54.8 Å². The summed E-state index contributed by atoms with van der Waals surface area (Å²) in [5.74, 6) is -1.11. The van der Waals surface area contributed by atoms with Crippen LogP contribution in [0, 0.1) is 0 Å². The van der Waals surface area contributed by atoms with Gasteiger partial charge in [0, 0.05) is 36.9 Å². The highest BCUT2D eigenvalue weighted by atomic mass is 35.5. The molecule has 0 atom stereocenters. The Kier molecular flexibility index (Phi) is 4.39. The van der Waals surface area contributed by atoms with Crippen molar-refractivity contribution in [2.24, 2.45) is 0 Å². The van der Waals surface area contributed by atoms with Crippen molar-refractivity contribution < 1.29 is 9.59 Å². The van der Waals surface area contributed by atoms with E-state index in [0.717, 1.165) is 13.1 Å². The molecule has 5 nitrogen and oxygen atoms in total. The Morgan fingerprint density at radius 3 is 2.53 bits per heavy atom. The standard InChI is InChI=1S/C13H16ClN3O2/c1-16-5-7-17(8-6-16)13(19)12(18)15-11-4-2-3-10(14)9-11/h2-4,9H,5-8H2,1H3,(H,15,18). The molecular weight excluding hydrogens is 266 g/mol. The van der Waals surface area contributed by atoms with Gasteiger partial charge in [0.15, 0.2) is 0 Å². The molecule has 0 aliphatic carbocycles. The monoisotopic (exact) mass is 281 g/mol. The minimum Gasteiger partial charge on any atom is -0.332 e. The third-order valence-electron chi connectivity index (χ3n) is 3.07. The number of benzene rings is 1. The van der Waals surface area contributed by atoms with Gasteiger partial charge in [-0.1, -0.05) is 17.7 Å². The molecule has 0 saturated carbocycles. The summed E-state index contributed by atoms with van der Waals surface area (Å²) in [6, 6.07) is 6.73. The first-order valence-electron chi connectivity index (χ1n) is 6.10. The number of anilines is 1. The van der Waals surface area contributed by atoms with Crippen molar-refractivity contribution in [2.45, 2.75) is 0 Å². The summed E-state index contributed by atoms with van der Waals surface area (Å²) in [6.07, 6.45) is 0. The van der Waals surface area contributed by atoms with E-state index in [1.165, 1.54) is 0 Å². The van der Waals surface area contributed by atoms with E-state index in [4.69, 9.17) is 11.6 Å². The predicted octanol–water partition coefficient (Wildman–Crippen LogP) is 1.05. The lowest BCUT2D eigenvalue weighted by Gasteiger charge is -2.31. The van der Waals surface area contributed by atoms with E-state index in [9.17, 15) is 9.59 Å². The maximum atomic E-state index is 12.0. The first-order chi connectivity index (χ1) is 9.06. The zero-order valence-corrected chi connectivity index (χ0v) is 11.5. The maximum absolute atomic E-state index is 12.0. The SMILES string of the molecule is CN1CCN(C(=O)C(=O)Nc2cccc(Cl)c2)CC1. The highest BCUT2D eigenvalue weighted by Gasteiger charge is 2.24. The minimum absolute atomic E-state index is 0.493. The summed E-state index contributed by atoms with van der Waals surface area (Å²) < 4.78 is 0. The first kappa shape index (κ1) is 13.8. The number of amides is 2. The third-order valence-corrected chi connectivity index (χ3v) is 3.30. The number of hydrogen-bond acceptors (Lipinski definition) is 3. The van der Waals surface area contributed by atoms with Gasteiger partial charge in [-0.3, -0.25) is 9.59 Å². The molecule has 2 amide bonds. The molecule has 0 aromatic heterocycles. The predicted molar refractivity (Wildman–Crippen MR) is 74.2 cm³/mol. The van der Waals surface area contributed by atoms with Gasteiger partial charge in [-0.25, -0.2) is 0 Å². The van der Waals surface area contributed by atoms with Crippen molar-refractivity contribution in [1.82, 2.24) is 9.80 Å². The van der Waals surface area contributed by atoms with Gasteiger partial charge in [0.1, 0.15) is 0 Å². The molecule has 0 unspecified atom stereocenters. The fourth-order valence-electron chi connectivity index (χ4n) is 1.90. The van der Waals surface area contributed by atoms with Gasteiger partial charge in [0.2, 0.25) is 0 Å². The summed E-state index contributed by atoms with van der Waals surface area (Å²) in [4.78, 5) is 27.5. The quantitative estimate of drug-likeness (QED) is 0.783. The number of hydrogen-bond donors (Lipinski definition) is 1. The molecular formula is C13H16ClN3O2. The van der Waals surface area contributed by atoms with Gasteiger partial charge in [-0.2, -0.15) is 0 Å². The van der Waals surface area contributed by atoms with Crippen LogP contribution in [0.3, 0.4) is 0 Å². The second-order valence-electron chi connectivity index (χ2n) is 4.56. The molecule has 1 heterocycles. The molecule has 1 aliphatic heterocycles. The van der Waals surface area contributed by atoms with Crippen LogP contribution in [0.25, 0.3) is 0 Å². The van der Waals surface area contributed by atoms with Gasteiger partial charge in [0.05, 0.1) is 0 Å². The van der Waals surface area contributed by atoms with Crippen LogP contribution in [-0.2, 0) is 9.59 Å². The Labute approximate surface area is 117 Å². The molecule has 1 aromatic carbocycles. The highest BCUT2D eigenvalue weighted by Crippen LogP contribution is 2.15. The number of nitrogens with one attached hydrogen (secondary N) is 1. The highest BCUT2D eigenvalue weighted by molar-refractivity contribution is 6.39. The molecule has 0 radical (unpaired) electrons. The summed E-state index contributed by atoms with van der Waals surface area (Å²) >= 11 is 5.82. The number of halogens is 1. The molecule has 1 aliphatic rings. The van der Waals surface area contributed by atoms with Gasteiger partial charge >= 0.3 is 11.8 Å². The van der Waals surface area contributed by atoms with E-state index >= 15 is 0 Å². The van der Waals surface area contributed by atoms with Crippen LogP contribution in [0.4, 0.5) is 5.69 Å². The van der Waals surface area contributed by atoms with E-state index < -0.39 is 11.8 Å². The van der Waals surface area contributed by atoms with Crippen molar-refractivity contribution in [2.75, 3.05) is 38.5 Å². The normalized spacial score (nSPS) is 16.2. The Morgan fingerprint density at radius 2 is 1.89 bits per heavy atom. The maximum Gasteiger partial charge on any atom is 0.313 e. The van der Waals surface area contributed by atoms with Gasteiger partial charge in [0.25, 0.3) is 0 Å². The molecule has 0 bridgehead atoms. The van der Waals surface area contributed by atoms with Crippen LogP contribution in [0.5, 0.6) is 0 Å². The second kappa shape index (κ2) is 6.04. The molecule has 102 valence electrons. The molecule has 1 saturated heterocycles. The second-order valence-corrected chi connectivity index (χ2v) is 5.00. The lowest BCUT2D eigenvalue weighted by Crippen LogP contribution is -2.50. The summed E-state index contributed by atoms with van der Waals surface area (Å²) in [7, 11) is 1.99. The van der Waals surface area contributed by atoms with Crippen LogP contribution in [0.2, 0.25) is 5.02 Å². The van der Waals surface area contributed by atoms with E-state index in [-0.39, 0.29) is 0 Å². The molecule has 6 heteroatoms. The molecule has 2 rings (SSSR count). The Bertz CT molecular complexity index is 485. The van der Waals surface area contributed by atoms with E-state index in [1.807, 2.05) is 7.05 Å². The van der Waals surface area contributed by atoms with Crippen molar-refractivity contribution in [1.29, 1.82) is 0 Å². The fraction of sp³-hybridized carbons (Fsp3) is 0.385. The fourth-order valence-corrected chi connectivity index (χ4v) is 2.09. The number of nitrogens with zero attached hydrogens (tertiary/aromatic N) is 2. The number of likely N-dealkylation sites (N-methyl/N-ethyl adjacent to an activating group) is 1. The van der Waals surface area contributed by atoms with Crippen molar-refractivity contribution in [3.63, 3.8) is 0 Å². The van der Waals surface area contributed by atoms with Crippen molar-refractivity contribution >= 4 is 29.1 Å². The molecule has 1 N–H and O–H groups in total. The molecule has 1 fully saturated rings. The summed E-state index contributed by atoms with van der Waals surface area (Å²) in [6.45, 7) is 2.74. The van der Waals surface area contributed by atoms with Crippen LogP contribution in [0.15, 0.2) is 24.3 Å². The van der Waals surface area contributed by atoms with E-state index in [1.54, 1.807) is 29.2 Å². The first-order valence-corrected chi connectivity index (χ1v) is 6.48. The Hall–Kier alpha value is -1.59. The zero-order valence-electron chi connectivity index (χ0n) is 10.7. The van der Waals surface area contributed by atoms with E-state index in [2.05, 4.69) is 10.2 Å². The van der Waals surface area contributed by atoms with Crippen molar-refractivity contribution in [3.05, 3.63) is 29.3 Å². The summed E-state index contributed by atoms with van der Waals surface area (Å²) in [5.41, 5.74) is 0.528. The van der Waals surface area contributed by atoms with Crippen LogP contribution >= 0.6 is 11.6 Å². The lowest BCUT2D eigenvalue weighted by atomic mass is 10.3.